The molecule has 5 nitrogen and oxygen atoms in total. The molecule has 4 rings (SSSR count). The van der Waals surface area contributed by atoms with Gasteiger partial charge >= 0.3 is 0 Å². The van der Waals surface area contributed by atoms with Gasteiger partial charge in [0, 0.05) is 25.2 Å². The maximum absolute atomic E-state index is 12.7. The van der Waals surface area contributed by atoms with Gasteiger partial charge < -0.3 is 9.47 Å². The van der Waals surface area contributed by atoms with Gasteiger partial charge in [-0.1, -0.05) is 6.07 Å². The molecule has 0 unspecified atom stereocenters. The lowest BCUT2D eigenvalue weighted by Crippen LogP contribution is -2.39. The molecule has 0 spiro atoms. The summed E-state index contributed by atoms with van der Waals surface area (Å²) < 4.78 is 2.25. The Hall–Kier alpha value is -3.13. The van der Waals surface area contributed by atoms with Crippen LogP contribution >= 0.6 is 0 Å². The van der Waals surface area contributed by atoms with Crippen LogP contribution in [0.4, 0.5) is 0 Å². The van der Waals surface area contributed by atoms with Crippen LogP contribution in [-0.4, -0.2) is 33.4 Å². The van der Waals surface area contributed by atoms with E-state index in [2.05, 4.69) is 41.6 Å². The van der Waals surface area contributed by atoms with Crippen molar-refractivity contribution in [3.63, 3.8) is 0 Å². The number of piperidine rings is 1. The first-order valence-corrected chi connectivity index (χ1v) is 9.76. The van der Waals surface area contributed by atoms with Crippen molar-refractivity contribution in [3.8, 4) is 6.07 Å². The monoisotopic (exact) mass is 372 g/mol. The second kappa shape index (κ2) is 7.47. The molecule has 1 amide bonds. The van der Waals surface area contributed by atoms with E-state index in [1.165, 1.54) is 16.6 Å². The van der Waals surface area contributed by atoms with Gasteiger partial charge in [-0.15, -0.1) is 0 Å². The number of nitriles is 1. The molecule has 28 heavy (non-hydrogen) atoms. The lowest BCUT2D eigenvalue weighted by Gasteiger charge is -2.32. The van der Waals surface area contributed by atoms with Crippen LogP contribution in [0, 0.1) is 31.1 Å². The Morgan fingerprint density at radius 2 is 1.93 bits per heavy atom. The number of likely N-dealkylation sites (tertiary alicyclic amines) is 1. The second-order valence-corrected chi connectivity index (χ2v) is 7.75. The number of carbonyl (C=O) groups is 1. The minimum Gasteiger partial charge on any atom is -0.339 e. The van der Waals surface area contributed by atoms with Crippen molar-refractivity contribution in [1.29, 1.82) is 5.26 Å². The van der Waals surface area contributed by atoms with E-state index < -0.39 is 0 Å². The number of hydrogen-bond acceptors (Lipinski definition) is 3. The van der Waals surface area contributed by atoms with Gasteiger partial charge in [0.15, 0.2) is 0 Å². The fourth-order valence-electron chi connectivity index (χ4n) is 3.96. The van der Waals surface area contributed by atoms with Crippen molar-refractivity contribution >= 4 is 16.9 Å². The summed E-state index contributed by atoms with van der Waals surface area (Å²) in [6.45, 7) is 6.70. The van der Waals surface area contributed by atoms with E-state index in [1.807, 2.05) is 11.2 Å². The van der Waals surface area contributed by atoms with E-state index >= 15 is 0 Å². The van der Waals surface area contributed by atoms with Gasteiger partial charge in [-0.3, -0.25) is 4.79 Å². The van der Waals surface area contributed by atoms with Crippen LogP contribution in [0.2, 0.25) is 0 Å². The van der Waals surface area contributed by atoms with E-state index in [0.717, 1.165) is 38.0 Å². The first kappa shape index (κ1) is 18.2. The van der Waals surface area contributed by atoms with E-state index in [0.29, 0.717) is 17.0 Å². The summed E-state index contributed by atoms with van der Waals surface area (Å²) in [7, 11) is 0. The van der Waals surface area contributed by atoms with Crippen molar-refractivity contribution in [3.05, 3.63) is 65.0 Å². The molecular formula is C23H24N4O. The highest BCUT2D eigenvalue weighted by molar-refractivity contribution is 5.94. The minimum absolute atomic E-state index is 0.0229. The Morgan fingerprint density at radius 3 is 2.68 bits per heavy atom. The molecule has 0 atom stereocenters. The van der Waals surface area contributed by atoms with Crippen molar-refractivity contribution in [2.24, 2.45) is 5.92 Å². The van der Waals surface area contributed by atoms with E-state index in [9.17, 15) is 4.79 Å². The Bertz CT molecular complexity index is 1070. The van der Waals surface area contributed by atoms with Crippen LogP contribution in [0.15, 0.2) is 42.7 Å². The maximum Gasteiger partial charge on any atom is 0.253 e. The molecule has 1 aromatic heterocycles. The fourth-order valence-corrected chi connectivity index (χ4v) is 3.96. The van der Waals surface area contributed by atoms with Crippen molar-refractivity contribution in [2.45, 2.75) is 33.2 Å². The third-order valence-electron chi connectivity index (χ3n) is 5.83. The van der Waals surface area contributed by atoms with Gasteiger partial charge in [-0.2, -0.15) is 5.26 Å². The minimum atomic E-state index is 0.0229. The molecule has 1 saturated heterocycles. The highest BCUT2D eigenvalue weighted by Crippen LogP contribution is 2.24. The topological polar surface area (TPSA) is 61.9 Å². The van der Waals surface area contributed by atoms with E-state index in [1.54, 1.807) is 24.3 Å². The molecule has 0 saturated carbocycles. The molecule has 1 fully saturated rings. The van der Waals surface area contributed by atoms with Crippen LogP contribution in [-0.2, 0) is 6.54 Å². The third-order valence-corrected chi connectivity index (χ3v) is 5.83. The number of fused-ring (bicyclic) bond motifs is 1. The Labute approximate surface area is 165 Å². The number of amides is 1. The highest BCUT2D eigenvalue weighted by atomic mass is 16.2. The molecule has 142 valence electrons. The van der Waals surface area contributed by atoms with Crippen molar-refractivity contribution in [2.75, 3.05) is 13.1 Å². The van der Waals surface area contributed by atoms with E-state index in [4.69, 9.17) is 5.26 Å². The SMILES string of the molecule is Cc1cc2ncn(CC3CCN(C(=O)c4cccc(C#N)c4)CC3)c2cc1C. The van der Waals surface area contributed by atoms with Crippen molar-refractivity contribution in [1.82, 2.24) is 14.5 Å². The summed E-state index contributed by atoms with van der Waals surface area (Å²) in [6, 6.07) is 13.4. The summed E-state index contributed by atoms with van der Waals surface area (Å²) in [6.07, 6.45) is 3.90. The number of imidazole rings is 1. The summed E-state index contributed by atoms with van der Waals surface area (Å²) in [5.74, 6) is 0.559. The van der Waals surface area contributed by atoms with Gasteiger partial charge in [0.25, 0.3) is 5.91 Å². The zero-order valence-corrected chi connectivity index (χ0v) is 16.4. The normalized spacial score (nSPS) is 15.0. The lowest BCUT2D eigenvalue weighted by molar-refractivity contribution is 0.0683. The smallest absolute Gasteiger partial charge is 0.253 e. The molecule has 0 bridgehead atoms. The maximum atomic E-state index is 12.7. The predicted octanol–water partition coefficient (Wildman–Crippen LogP) is 4.08. The van der Waals surface area contributed by atoms with Gasteiger partial charge in [-0.25, -0.2) is 4.98 Å². The van der Waals surface area contributed by atoms with Crippen LogP contribution < -0.4 is 0 Å². The third kappa shape index (κ3) is 3.50. The molecular weight excluding hydrogens is 348 g/mol. The number of aromatic nitrogens is 2. The zero-order valence-electron chi connectivity index (χ0n) is 16.4. The van der Waals surface area contributed by atoms with Crippen molar-refractivity contribution < 1.29 is 4.79 Å². The average molecular weight is 372 g/mol. The Kier molecular flexibility index (Phi) is 4.87. The fraction of sp³-hybridized carbons (Fsp3) is 0.348. The van der Waals surface area contributed by atoms with Crippen LogP contribution in [0.3, 0.4) is 0 Å². The van der Waals surface area contributed by atoms with Crippen LogP contribution in [0.5, 0.6) is 0 Å². The van der Waals surface area contributed by atoms with E-state index in [-0.39, 0.29) is 5.91 Å². The van der Waals surface area contributed by atoms with Gasteiger partial charge in [-0.05, 0) is 74.1 Å². The molecule has 0 N–H and O–H groups in total. The molecule has 2 heterocycles. The van der Waals surface area contributed by atoms with Gasteiger partial charge in [0.1, 0.15) is 0 Å². The second-order valence-electron chi connectivity index (χ2n) is 7.75. The molecule has 1 aliphatic heterocycles. The molecule has 0 radical (unpaired) electrons. The number of carbonyl (C=O) groups excluding carboxylic acids is 1. The molecule has 5 heteroatoms. The summed E-state index contributed by atoms with van der Waals surface area (Å²) >= 11 is 0. The van der Waals surface area contributed by atoms with Crippen LogP contribution in [0.1, 0.15) is 39.9 Å². The number of aryl methyl sites for hydroxylation is 2. The van der Waals surface area contributed by atoms with Crippen LogP contribution in [0.25, 0.3) is 11.0 Å². The number of hydrogen-bond donors (Lipinski definition) is 0. The quantitative estimate of drug-likeness (QED) is 0.696. The Morgan fingerprint density at radius 1 is 1.18 bits per heavy atom. The Balaban J connectivity index is 1.41. The number of nitrogens with zero attached hydrogens (tertiary/aromatic N) is 4. The average Bonchev–Trinajstić information content (AvgIpc) is 3.10. The predicted molar refractivity (Wildman–Crippen MR) is 109 cm³/mol. The molecule has 3 aromatic rings. The molecule has 0 aliphatic carbocycles. The first-order chi connectivity index (χ1) is 13.5. The number of benzene rings is 2. The largest absolute Gasteiger partial charge is 0.339 e. The van der Waals surface area contributed by atoms with Gasteiger partial charge in [0.05, 0.1) is 29.0 Å². The van der Waals surface area contributed by atoms with Gasteiger partial charge in [0.2, 0.25) is 0 Å². The summed E-state index contributed by atoms with van der Waals surface area (Å²) in [5, 5.41) is 9.04. The summed E-state index contributed by atoms with van der Waals surface area (Å²) in [5.41, 5.74) is 5.92. The zero-order chi connectivity index (χ0) is 19.7. The number of rotatable bonds is 3. The highest BCUT2D eigenvalue weighted by Gasteiger charge is 2.24. The summed E-state index contributed by atoms with van der Waals surface area (Å²) in [4.78, 5) is 19.2. The standard InChI is InChI=1S/C23H24N4O/c1-16-10-21-22(11-17(16)2)27(15-25-21)14-18-6-8-26(9-7-18)23(28)20-5-3-4-19(12-20)13-24/h3-5,10-12,15,18H,6-9,14H2,1-2H3. The molecule has 2 aromatic carbocycles. The molecule has 1 aliphatic rings. The first-order valence-electron chi connectivity index (χ1n) is 9.76. The lowest BCUT2D eigenvalue weighted by atomic mass is 9.96.